The van der Waals surface area contributed by atoms with E-state index >= 15 is 0 Å². The minimum Gasteiger partial charge on any atom is -0.508 e. The van der Waals surface area contributed by atoms with E-state index in [4.69, 9.17) is 10.00 Å². The molecule has 0 radical (unpaired) electrons. The summed E-state index contributed by atoms with van der Waals surface area (Å²) in [5, 5.41) is 24.1. The molecule has 3 N–H and O–H groups in total. The molecule has 0 saturated heterocycles. The third-order valence-electron chi connectivity index (χ3n) is 3.96. The van der Waals surface area contributed by atoms with Crippen LogP contribution in [0.2, 0.25) is 0 Å². The first-order valence-electron chi connectivity index (χ1n) is 8.65. The number of aromatic hydroxyl groups is 1. The van der Waals surface area contributed by atoms with Crippen molar-refractivity contribution in [1.29, 1.82) is 5.26 Å². The Kier molecular flexibility index (Phi) is 7.73. The molecule has 27 heavy (non-hydrogen) atoms. The minimum absolute atomic E-state index is 0.0374. The van der Waals surface area contributed by atoms with Crippen LogP contribution in [0.15, 0.2) is 60.3 Å². The Morgan fingerprint density at radius 2 is 1.67 bits per heavy atom. The number of hydrogen-bond donors (Lipinski definition) is 3. The van der Waals surface area contributed by atoms with Gasteiger partial charge in [-0.25, -0.2) is 0 Å². The van der Waals surface area contributed by atoms with Gasteiger partial charge < -0.3 is 20.5 Å². The highest BCUT2D eigenvalue weighted by molar-refractivity contribution is 5.97. The van der Waals surface area contributed by atoms with Crippen LogP contribution in [0.25, 0.3) is 0 Å². The number of ether oxygens (including phenoxy) is 1. The third-order valence-corrected chi connectivity index (χ3v) is 3.96. The molecule has 6 nitrogen and oxygen atoms in total. The Morgan fingerprint density at radius 1 is 1.07 bits per heavy atom. The smallest absolute Gasteiger partial charge is 0.263 e. The summed E-state index contributed by atoms with van der Waals surface area (Å²) in [4.78, 5) is 12.1. The van der Waals surface area contributed by atoms with E-state index in [1.165, 1.54) is 6.20 Å². The van der Waals surface area contributed by atoms with E-state index in [1.807, 2.05) is 42.5 Å². The van der Waals surface area contributed by atoms with E-state index in [-0.39, 0.29) is 11.3 Å². The summed E-state index contributed by atoms with van der Waals surface area (Å²) >= 11 is 0. The first-order chi connectivity index (χ1) is 13.1. The molecular formula is C21H23N3O3. The van der Waals surface area contributed by atoms with Gasteiger partial charge in [0.25, 0.3) is 5.91 Å². The lowest BCUT2D eigenvalue weighted by Crippen LogP contribution is -2.27. The second-order valence-corrected chi connectivity index (χ2v) is 5.89. The third kappa shape index (κ3) is 6.75. The van der Waals surface area contributed by atoms with Gasteiger partial charge in [-0.2, -0.15) is 5.26 Å². The molecule has 0 fully saturated rings. The van der Waals surface area contributed by atoms with E-state index in [2.05, 4.69) is 10.6 Å². The second-order valence-electron chi connectivity index (χ2n) is 5.89. The molecule has 0 saturated carbocycles. The fourth-order valence-electron chi connectivity index (χ4n) is 2.41. The summed E-state index contributed by atoms with van der Waals surface area (Å²) < 4.78 is 5.11. The maximum atomic E-state index is 12.1. The number of phenolic OH excluding ortho intramolecular Hbond substituents is 1. The zero-order valence-electron chi connectivity index (χ0n) is 15.2. The molecule has 140 valence electrons. The van der Waals surface area contributed by atoms with Crippen LogP contribution in [0.5, 0.6) is 11.5 Å². The largest absolute Gasteiger partial charge is 0.508 e. The van der Waals surface area contributed by atoms with Crippen LogP contribution in [-0.4, -0.2) is 31.2 Å². The van der Waals surface area contributed by atoms with Crippen LogP contribution in [0.1, 0.15) is 11.1 Å². The number of phenols is 1. The highest BCUT2D eigenvalue weighted by Crippen LogP contribution is 2.11. The molecule has 0 spiro atoms. The average molecular weight is 365 g/mol. The normalized spacial score (nSPS) is 10.7. The lowest BCUT2D eigenvalue weighted by molar-refractivity contribution is -0.117. The van der Waals surface area contributed by atoms with Crippen molar-refractivity contribution in [2.45, 2.75) is 12.8 Å². The van der Waals surface area contributed by atoms with Crippen molar-refractivity contribution in [3.63, 3.8) is 0 Å². The molecule has 0 unspecified atom stereocenters. The number of hydrogen-bond acceptors (Lipinski definition) is 5. The summed E-state index contributed by atoms with van der Waals surface area (Å²) in [6.07, 6.45) is 2.82. The van der Waals surface area contributed by atoms with Gasteiger partial charge in [-0.3, -0.25) is 4.79 Å². The first-order valence-corrected chi connectivity index (χ1v) is 8.65. The van der Waals surface area contributed by atoms with Crippen LogP contribution < -0.4 is 15.4 Å². The Balaban J connectivity index is 1.74. The number of nitrogens with one attached hydrogen (secondary N) is 2. The standard InChI is InChI=1S/C21H23N3O3/c1-27-20-8-4-17(5-9-20)11-13-24-21(26)18(14-22)15-23-12-10-16-2-6-19(25)7-3-16/h2-9,15,23,25H,10-13H2,1H3,(H,24,26)/b18-15-. The van der Waals surface area contributed by atoms with Gasteiger partial charge in [0.1, 0.15) is 23.1 Å². The highest BCUT2D eigenvalue weighted by atomic mass is 16.5. The molecule has 0 aliphatic rings. The molecular weight excluding hydrogens is 342 g/mol. The summed E-state index contributed by atoms with van der Waals surface area (Å²) in [5.74, 6) is 0.615. The predicted octanol–water partition coefficient (Wildman–Crippen LogP) is 2.30. The first kappa shape index (κ1) is 19.9. The summed E-state index contributed by atoms with van der Waals surface area (Å²) in [7, 11) is 1.61. The molecule has 0 aliphatic heterocycles. The lowest BCUT2D eigenvalue weighted by atomic mass is 10.1. The van der Waals surface area contributed by atoms with E-state index in [0.717, 1.165) is 16.9 Å². The Morgan fingerprint density at radius 3 is 2.26 bits per heavy atom. The van der Waals surface area contributed by atoms with Crippen molar-refractivity contribution in [3.05, 3.63) is 71.4 Å². The number of amides is 1. The topological polar surface area (TPSA) is 94.4 Å². The van der Waals surface area contributed by atoms with Crippen LogP contribution in [0.3, 0.4) is 0 Å². The van der Waals surface area contributed by atoms with Gasteiger partial charge in [0.2, 0.25) is 0 Å². The van der Waals surface area contributed by atoms with Crippen LogP contribution in [-0.2, 0) is 17.6 Å². The summed E-state index contributed by atoms with van der Waals surface area (Å²) in [6, 6.07) is 16.4. The van der Waals surface area contributed by atoms with E-state index in [9.17, 15) is 9.90 Å². The summed E-state index contributed by atoms with van der Waals surface area (Å²) in [5.41, 5.74) is 2.16. The second kappa shape index (κ2) is 10.5. The monoisotopic (exact) mass is 365 g/mol. The van der Waals surface area contributed by atoms with Crippen molar-refractivity contribution in [3.8, 4) is 17.6 Å². The molecule has 0 atom stereocenters. The number of nitrogens with zero attached hydrogens (tertiary/aromatic N) is 1. The number of carbonyl (C=O) groups is 1. The molecule has 0 aromatic heterocycles. The maximum Gasteiger partial charge on any atom is 0.263 e. The maximum absolute atomic E-state index is 12.1. The number of benzene rings is 2. The predicted molar refractivity (Wildman–Crippen MR) is 103 cm³/mol. The van der Waals surface area contributed by atoms with Crippen molar-refractivity contribution < 1.29 is 14.6 Å². The molecule has 0 heterocycles. The van der Waals surface area contributed by atoms with Crippen LogP contribution in [0.4, 0.5) is 0 Å². The number of methoxy groups -OCH3 is 1. The van der Waals surface area contributed by atoms with Gasteiger partial charge in [-0.15, -0.1) is 0 Å². The van der Waals surface area contributed by atoms with E-state index in [1.54, 1.807) is 19.2 Å². The van der Waals surface area contributed by atoms with E-state index < -0.39 is 5.91 Å². The van der Waals surface area contributed by atoms with Gasteiger partial charge >= 0.3 is 0 Å². The average Bonchev–Trinajstić information content (AvgIpc) is 2.70. The molecule has 2 aromatic rings. The van der Waals surface area contributed by atoms with Crippen LogP contribution in [0, 0.1) is 11.3 Å². The highest BCUT2D eigenvalue weighted by Gasteiger charge is 2.07. The zero-order valence-corrected chi connectivity index (χ0v) is 15.2. The van der Waals surface area contributed by atoms with Gasteiger partial charge in [-0.1, -0.05) is 24.3 Å². The van der Waals surface area contributed by atoms with Crippen molar-refractivity contribution in [1.82, 2.24) is 10.6 Å². The molecule has 2 rings (SSSR count). The molecule has 0 bridgehead atoms. The number of nitriles is 1. The Labute approximate surface area is 159 Å². The fourth-order valence-corrected chi connectivity index (χ4v) is 2.41. The molecule has 1 amide bonds. The van der Waals surface area contributed by atoms with Gasteiger partial charge in [0, 0.05) is 19.3 Å². The quantitative estimate of drug-likeness (QED) is 0.360. The van der Waals surface area contributed by atoms with Crippen LogP contribution >= 0.6 is 0 Å². The van der Waals surface area contributed by atoms with Crippen molar-refractivity contribution >= 4 is 5.91 Å². The van der Waals surface area contributed by atoms with Gasteiger partial charge in [-0.05, 0) is 48.2 Å². The minimum atomic E-state index is -0.400. The fraction of sp³-hybridized carbons (Fsp3) is 0.238. The Bertz CT molecular complexity index is 806. The SMILES string of the molecule is COc1ccc(CCNC(=O)/C(C#N)=C\NCCc2ccc(O)cc2)cc1. The number of rotatable bonds is 9. The summed E-state index contributed by atoms with van der Waals surface area (Å²) in [6.45, 7) is 1.02. The Hall–Kier alpha value is -3.46. The molecule has 6 heteroatoms. The van der Waals surface area contributed by atoms with Gasteiger partial charge in [0.05, 0.1) is 7.11 Å². The van der Waals surface area contributed by atoms with E-state index in [0.29, 0.717) is 25.9 Å². The number of carbonyl (C=O) groups excluding carboxylic acids is 1. The van der Waals surface area contributed by atoms with Gasteiger partial charge in [0.15, 0.2) is 0 Å². The van der Waals surface area contributed by atoms with Crippen molar-refractivity contribution in [2.24, 2.45) is 0 Å². The zero-order chi connectivity index (χ0) is 19.5. The van der Waals surface area contributed by atoms with Crippen molar-refractivity contribution in [2.75, 3.05) is 20.2 Å². The molecule has 2 aromatic carbocycles. The molecule has 0 aliphatic carbocycles. The lowest BCUT2D eigenvalue weighted by Gasteiger charge is -2.06.